The molecule has 0 unspecified atom stereocenters. The number of hydrogen-bond acceptors (Lipinski definition) is 2. The zero-order valence-corrected chi connectivity index (χ0v) is 8.82. The quantitative estimate of drug-likeness (QED) is 0.790. The first-order valence-electron chi connectivity index (χ1n) is 4.62. The molecule has 1 heterocycles. The van der Waals surface area contributed by atoms with Crippen LogP contribution < -0.4 is 4.74 Å². The van der Waals surface area contributed by atoms with E-state index in [1.54, 1.807) is 12.4 Å². The molecule has 76 valence electrons. The molecule has 0 saturated carbocycles. The van der Waals surface area contributed by atoms with Crippen LogP contribution in [0.15, 0.2) is 48.8 Å². The molecule has 15 heavy (non-hydrogen) atoms. The Labute approximate surface area is 93.5 Å². The van der Waals surface area contributed by atoms with Crippen LogP contribution in [0.25, 0.3) is 0 Å². The summed E-state index contributed by atoms with van der Waals surface area (Å²) in [5.74, 6) is 0.838. The fourth-order valence-corrected chi connectivity index (χ4v) is 1.37. The summed E-state index contributed by atoms with van der Waals surface area (Å²) < 4.78 is 5.56. The largest absolute Gasteiger partial charge is 0.489 e. The lowest BCUT2D eigenvalue weighted by molar-refractivity contribution is 0.306. The lowest BCUT2D eigenvalue weighted by Gasteiger charge is -2.06. The van der Waals surface area contributed by atoms with E-state index in [4.69, 9.17) is 16.3 Å². The summed E-state index contributed by atoms with van der Waals surface area (Å²) in [6.45, 7) is 0.464. The average molecular weight is 220 g/mol. The highest BCUT2D eigenvalue weighted by atomic mass is 35.5. The number of rotatable bonds is 3. The van der Waals surface area contributed by atoms with Crippen molar-refractivity contribution in [2.75, 3.05) is 0 Å². The van der Waals surface area contributed by atoms with Gasteiger partial charge in [0.25, 0.3) is 0 Å². The van der Waals surface area contributed by atoms with E-state index in [-0.39, 0.29) is 0 Å². The third-order valence-corrected chi connectivity index (χ3v) is 2.33. The summed E-state index contributed by atoms with van der Waals surface area (Å²) in [4.78, 5) is 3.91. The van der Waals surface area contributed by atoms with E-state index in [9.17, 15) is 0 Å². The van der Waals surface area contributed by atoms with Crippen molar-refractivity contribution in [3.05, 3.63) is 59.4 Å². The van der Waals surface area contributed by atoms with Crippen LogP contribution in [0.5, 0.6) is 5.75 Å². The van der Waals surface area contributed by atoms with Gasteiger partial charge < -0.3 is 4.74 Å². The van der Waals surface area contributed by atoms with Crippen LogP contribution in [0.1, 0.15) is 5.56 Å². The van der Waals surface area contributed by atoms with Gasteiger partial charge in [0, 0.05) is 18.0 Å². The van der Waals surface area contributed by atoms with Gasteiger partial charge in [-0.05, 0) is 18.2 Å². The van der Waals surface area contributed by atoms with Crippen LogP contribution >= 0.6 is 11.6 Å². The minimum absolute atomic E-state index is 0.464. The third kappa shape index (κ3) is 2.70. The number of benzene rings is 1. The van der Waals surface area contributed by atoms with Gasteiger partial charge in [-0.1, -0.05) is 29.8 Å². The van der Waals surface area contributed by atoms with Crippen molar-refractivity contribution >= 4 is 11.6 Å². The number of halogens is 1. The highest BCUT2D eigenvalue weighted by Gasteiger charge is 1.99. The van der Waals surface area contributed by atoms with Crippen molar-refractivity contribution in [1.29, 1.82) is 0 Å². The third-order valence-electron chi connectivity index (χ3n) is 1.99. The fraction of sp³-hybridized carbons (Fsp3) is 0.0833. The van der Waals surface area contributed by atoms with Crippen LogP contribution in [0, 0.1) is 0 Å². The molecule has 0 saturated heterocycles. The van der Waals surface area contributed by atoms with Crippen LogP contribution in [0.4, 0.5) is 0 Å². The molecule has 2 aromatic rings. The summed E-state index contributed by atoms with van der Waals surface area (Å²) in [6.07, 6.45) is 3.32. The second kappa shape index (κ2) is 4.80. The molecule has 0 N–H and O–H groups in total. The van der Waals surface area contributed by atoms with Gasteiger partial charge in [0.15, 0.2) is 0 Å². The lowest BCUT2D eigenvalue weighted by atomic mass is 10.3. The molecular formula is C12H10ClNO. The summed E-state index contributed by atoms with van der Waals surface area (Å²) in [7, 11) is 0. The van der Waals surface area contributed by atoms with E-state index in [1.165, 1.54) is 0 Å². The number of para-hydroxylation sites is 1. The number of ether oxygens (including phenoxy) is 1. The molecule has 0 aliphatic carbocycles. The molecule has 1 aromatic carbocycles. The molecule has 1 aromatic heterocycles. The van der Waals surface area contributed by atoms with Gasteiger partial charge in [-0.15, -0.1) is 0 Å². The van der Waals surface area contributed by atoms with E-state index in [0.717, 1.165) is 11.3 Å². The molecule has 0 aliphatic heterocycles. The maximum absolute atomic E-state index is 5.95. The van der Waals surface area contributed by atoms with Gasteiger partial charge in [0.05, 0.1) is 5.02 Å². The molecular weight excluding hydrogens is 210 g/mol. The van der Waals surface area contributed by atoms with Gasteiger partial charge in [-0.3, -0.25) is 4.98 Å². The van der Waals surface area contributed by atoms with Crippen LogP contribution in [-0.2, 0) is 6.61 Å². The number of pyridine rings is 1. The molecule has 0 atom stereocenters. The lowest BCUT2D eigenvalue weighted by Crippen LogP contribution is -1.96. The Morgan fingerprint density at radius 1 is 1.13 bits per heavy atom. The maximum Gasteiger partial charge on any atom is 0.119 e. The zero-order valence-electron chi connectivity index (χ0n) is 8.06. The van der Waals surface area contributed by atoms with E-state index < -0.39 is 0 Å². The Hall–Kier alpha value is -1.54. The van der Waals surface area contributed by atoms with Gasteiger partial charge in [-0.2, -0.15) is 0 Å². The van der Waals surface area contributed by atoms with Crippen LogP contribution in [0.2, 0.25) is 5.02 Å². The topological polar surface area (TPSA) is 22.1 Å². The summed E-state index contributed by atoms with van der Waals surface area (Å²) in [5, 5.41) is 0.633. The Bertz CT molecular complexity index is 431. The van der Waals surface area contributed by atoms with Crippen molar-refractivity contribution in [1.82, 2.24) is 4.98 Å². The standard InChI is InChI=1S/C12H10ClNO/c13-12-8-14-7-6-10(12)9-15-11-4-2-1-3-5-11/h1-8H,9H2. The number of aromatic nitrogens is 1. The summed E-state index contributed by atoms with van der Waals surface area (Å²) >= 11 is 5.95. The predicted octanol–water partition coefficient (Wildman–Crippen LogP) is 3.31. The monoisotopic (exact) mass is 219 g/mol. The Morgan fingerprint density at radius 3 is 2.67 bits per heavy atom. The smallest absolute Gasteiger partial charge is 0.119 e. The normalized spacial score (nSPS) is 9.93. The molecule has 0 fully saturated rings. The van der Waals surface area contributed by atoms with Crippen molar-refractivity contribution in [2.45, 2.75) is 6.61 Å². The van der Waals surface area contributed by atoms with E-state index in [2.05, 4.69) is 4.98 Å². The van der Waals surface area contributed by atoms with Gasteiger partial charge in [0.1, 0.15) is 12.4 Å². The Kier molecular flexibility index (Phi) is 3.20. The molecule has 0 spiro atoms. The fourth-order valence-electron chi connectivity index (χ4n) is 1.20. The highest BCUT2D eigenvalue weighted by molar-refractivity contribution is 6.31. The van der Waals surface area contributed by atoms with Gasteiger partial charge in [-0.25, -0.2) is 0 Å². The molecule has 2 rings (SSSR count). The first kappa shape index (κ1) is 9.99. The van der Waals surface area contributed by atoms with E-state index in [1.807, 2.05) is 36.4 Å². The predicted molar refractivity (Wildman–Crippen MR) is 60.0 cm³/mol. The van der Waals surface area contributed by atoms with Crippen LogP contribution in [-0.4, -0.2) is 4.98 Å². The second-order valence-electron chi connectivity index (χ2n) is 3.07. The second-order valence-corrected chi connectivity index (χ2v) is 3.48. The number of nitrogens with zero attached hydrogens (tertiary/aromatic N) is 1. The molecule has 0 amide bonds. The Balaban J connectivity index is 2.03. The minimum Gasteiger partial charge on any atom is -0.489 e. The van der Waals surface area contributed by atoms with Crippen molar-refractivity contribution in [3.63, 3.8) is 0 Å². The van der Waals surface area contributed by atoms with Crippen LogP contribution in [0.3, 0.4) is 0 Å². The molecule has 0 aliphatic rings. The van der Waals surface area contributed by atoms with Crippen molar-refractivity contribution in [2.24, 2.45) is 0 Å². The molecule has 0 bridgehead atoms. The highest BCUT2D eigenvalue weighted by Crippen LogP contribution is 2.16. The molecule has 3 heteroatoms. The first-order valence-corrected chi connectivity index (χ1v) is 5.00. The minimum atomic E-state index is 0.464. The Morgan fingerprint density at radius 2 is 1.93 bits per heavy atom. The zero-order chi connectivity index (χ0) is 10.5. The average Bonchev–Trinajstić information content (AvgIpc) is 2.29. The maximum atomic E-state index is 5.95. The number of hydrogen-bond donors (Lipinski definition) is 0. The summed E-state index contributed by atoms with van der Waals surface area (Å²) in [6, 6.07) is 11.5. The molecule has 2 nitrogen and oxygen atoms in total. The van der Waals surface area contributed by atoms with E-state index in [0.29, 0.717) is 11.6 Å². The van der Waals surface area contributed by atoms with E-state index >= 15 is 0 Å². The first-order chi connectivity index (χ1) is 7.36. The van der Waals surface area contributed by atoms with Crippen molar-refractivity contribution < 1.29 is 4.74 Å². The van der Waals surface area contributed by atoms with Crippen molar-refractivity contribution in [3.8, 4) is 5.75 Å². The SMILES string of the molecule is Clc1cnccc1COc1ccccc1. The summed E-state index contributed by atoms with van der Waals surface area (Å²) in [5.41, 5.74) is 0.940. The van der Waals surface area contributed by atoms with Gasteiger partial charge in [0.2, 0.25) is 0 Å². The van der Waals surface area contributed by atoms with Gasteiger partial charge >= 0.3 is 0 Å². The molecule has 0 radical (unpaired) electrons.